The fourth-order valence-electron chi connectivity index (χ4n) is 5.06. The molecular weight excluding hydrogens is 350 g/mol. The Balaban J connectivity index is 1.86. The van der Waals surface area contributed by atoms with E-state index >= 15 is 0 Å². The number of hydrogen-bond donors (Lipinski definition) is 0. The van der Waals surface area contributed by atoms with Crippen LogP contribution in [0.2, 0.25) is 0 Å². The van der Waals surface area contributed by atoms with Crippen LogP contribution in [0.25, 0.3) is 0 Å². The number of rotatable bonds is 6. The van der Waals surface area contributed by atoms with Crippen molar-refractivity contribution in [3.05, 3.63) is 35.9 Å². The van der Waals surface area contributed by atoms with Crippen molar-refractivity contribution in [3.8, 4) is 0 Å². The maximum absolute atomic E-state index is 6.69. The smallest absolute Gasteiger partial charge is 0.171 e. The molecule has 2 aliphatic heterocycles. The maximum atomic E-state index is 6.69. The highest BCUT2D eigenvalue weighted by Gasteiger charge is 2.58. The summed E-state index contributed by atoms with van der Waals surface area (Å²) in [6.07, 6.45) is 4.79. The summed E-state index contributed by atoms with van der Waals surface area (Å²) in [6, 6.07) is 10.5. The van der Waals surface area contributed by atoms with Gasteiger partial charge in [-0.05, 0) is 45.6 Å². The van der Waals surface area contributed by atoms with E-state index in [0.717, 1.165) is 45.3 Å². The van der Waals surface area contributed by atoms with Crippen LogP contribution in [0, 0.1) is 5.92 Å². The quantitative estimate of drug-likeness (QED) is 0.608. The monoisotopic (exact) mass is 389 g/mol. The van der Waals surface area contributed by atoms with Crippen LogP contribution in [0.4, 0.5) is 0 Å². The zero-order valence-electron chi connectivity index (χ0n) is 18.7. The number of nitrogens with zero attached hydrogens (tertiary/aromatic N) is 1. The molecule has 1 spiro atoms. The molecule has 2 heterocycles. The lowest BCUT2D eigenvalue weighted by Gasteiger charge is -2.61. The van der Waals surface area contributed by atoms with Crippen LogP contribution in [0.1, 0.15) is 85.3 Å². The molecule has 0 aromatic heterocycles. The molecule has 0 amide bonds. The molecule has 0 radical (unpaired) electrons. The first kappa shape index (κ1) is 21.8. The highest BCUT2D eigenvalue weighted by Crippen LogP contribution is 2.51. The van der Waals surface area contributed by atoms with Gasteiger partial charge in [0.1, 0.15) is 6.10 Å². The summed E-state index contributed by atoms with van der Waals surface area (Å²) in [5, 5.41) is 2.29. The van der Waals surface area contributed by atoms with E-state index < -0.39 is 5.79 Å². The fraction of sp³-hybridized carbons (Fsp3) is 0.750. The topological polar surface area (TPSA) is 30.9 Å². The van der Waals surface area contributed by atoms with E-state index in [0.29, 0.717) is 5.92 Å². The molecule has 1 atom stereocenters. The summed E-state index contributed by atoms with van der Waals surface area (Å²) < 4.78 is 12.9. The van der Waals surface area contributed by atoms with Crippen LogP contribution in [0.5, 0.6) is 0 Å². The molecule has 1 unspecified atom stereocenters. The number of piperidine rings is 1. The third kappa shape index (κ3) is 4.16. The van der Waals surface area contributed by atoms with Gasteiger partial charge in [0.2, 0.25) is 0 Å². The van der Waals surface area contributed by atoms with Crippen LogP contribution in [-0.4, -0.2) is 35.1 Å². The summed E-state index contributed by atoms with van der Waals surface area (Å²) in [6.45, 7) is 15.0. The van der Waals surface area contributed by atoms with Gasteiger partial charge in [-0.2, -0.15) is 5.06 Å². The molecule has 4 heteroatoms. The average Bonchev–Trinajstić information content (AvgIpc) is 2.70. The van der Waals surface area contributed by atoms with Gasteiger partial charge in [-0.25, -0.2) is 0 Å². The van der Waals surface area contributed by atoms with Gasteiger partial charge in [-0.15, -0.1) is 0 Å². The summed E-state index contributed by atoms with van der Waals surface area (Å²) in [5.74, 6) is 0.0237. The minimum absolute atomic E-state index is 0.00432. The minimum Gasteiger partial charge on any atom is -0.349 e. The van der Waals surface area contributed by atoms with E-state index in [4.69, 9.17) is 14.3 Å². The molecule has 0 aliphatic carbocycles. The Morgan fingerprint density at radius 1 is 1.04 bits per heavy atom. The fourth-order valence-corrected chi connectivity index (χ4v) is 5.06. The standard InChI is InChI=1S/C24H39NO3/c1-7-20-15-26-24(27-16-20)17-22(5,6)25(23(8-2,9-3)18-24)28-19(4)21-13-11-10-12-14-21/h10-14,19-20H,7-9,15-18H2,1-6H3. The Bertz CT molecular complexity index is 618. The van der Waals surface area contributed by atoms with Gasteiger partial charge in [0, 0.05) is 24.3 Å². The lowest BCUT2D eigenvalue weighted by Crippen LogP contribution is -2.69. The molecule has 0 N–H and O–H groups in total. The predicted molar refractivity (Wildman–Crippen MR) is 113 cm³/mol. The van der Waals surface area contributed by atoms with Crippen molar-refractivity contribution in [2.24, 2.45) is 5.92 Å². The molecule has 2 saturated heterocycles. The van der Waals surface area contributed by atoms with E-state index in [1.807, 2.05) is 0 Å². The van der Waals surface area contributed by atoms with Gasteiger partial charge in [-0.3, -0.25) is 4.84 Å². The second-order valence-corrected chi connectivity index (χ2v) is 9.36. The van der Waals surface area contributed by atoms with Crippen molar-refractivity contribution in [2.75, 3.05) is 13.2 Å². The number of hydrogen-bond acceptors (Lipinski definition) is 4. The second-order valence-electron chi connectivity index (χ2n) is 9.36. The van der Waals surface area contributed by atoms with E-state index in [9.17, 15) is 0 Å². The van der Waals surface area contributed by atoms with Gasteiger partial charge >= 0.3 is 0 Å². The first-order valence-corrected chi connectivity index (χ1v) is 11.1. The van der Waals surface area contributed by atoms with Crippen LogP contribution in [0.15, 0.2) is 30.3 Å². The van der Waals surface area contributed by atoms with Crippen LogP contribution < -0.4 is 0 Å². The van der Waals surface area contributed by atoms with Crippen molar-refractivity contribution in [1.82, 2.24) is 5.06 Å². The normalized spacial score (nSPS) is 31.0. The average molecular weight is 390 g/mol. The van der Waals surface area contributed by atoms with Crippen molar-refractivity contribution in [1.29, 1.82) is 0 Å². The van der Waals surface area contributed by atoms with Crippen molar-refractivity contribution >= 4 is 0 Å². The molecule has 158 valence electrons. The largest absolute Gasteiger partial charge is 0.349 e. The molecule has 1 aromatic carbocycles. The lowest BCUT2D eigenvalue weighted by atomic mass is 9.73. The second kappa shape index (κ2) is 8.43. The SMILES string of the molecule is CCC1COC2(CC(C)(C)N(OC(C)c3ccccc3)C(CC)(CC)C2)OC1. The van der Waals surface area contributed by atoms with Crippen LogP contribution in [0.3, 0.4) is 0 Å². The maximum Gasteiger partial charge on any atom is 0.171 e. The van der Waals surface area contributed by atoms with Crippen molar-refractivity contribution in [2.45, 2.75) is 96.6 Å². The highest BCUT2D eigenvalue weighted by atomic mass is 16.7. The Kier molecular flexibility index (Phi) is 6.55. The first-order chi connectivity index (χ1) is 13.3. The molecule has 2 aliphatic rings. The molecule has 2 fully saturated rings. The van der Waals surface area contributed by atoms with Gasteiger partial charge in [-0.1, -0.05) is 51.1 Å². The van der Waals surface area contributed by atoms with Gasteiger partial charge in [0.05, 0.1) is 18.8 Å². The molecule has 3 rings (SSSR count). The van der Waals surface area contributed by atoms with E-state index in [1.165, 1.54) is 5.56 Å². The Hall–Kier alpha value is -0.940. The van der Waals surface area contributed by atoms with E-state index in [-0.39, 0.29) is 17.2 Å². The molecule has 4 nitrogen and oxygen atoms in total. The predicted octanol–water partition coefficient (Wildman–Crippen LogP) is 5.88. The zero-order valence-corrected chi connectivity index (χ0v) is 18.7. The van der Waals surface area contributed by atoms with Crippen molar-refractivity contribution in [3.63, 3.8) is 0 Å². The first-order valence-electron chi connectivity index (χ1n) is 11.1. The van der Waals surface area contributed by atoms with Crippen LogP contribution >= 0.6 is 0 Å². The molecular formula is C24H39NO3. The summed E-state index contributed by atoms with van der Waals surface area (Å²) in [4.78, 5) is 6.69. The third-order valence-corrected chi connectivity index (χ3v) is 6.87. The van der Waals surface area contributed by atoms with Crippen molar-refractivity contribution < 1.29 is 14.3 Å². The van der Waals surface area contributed by atoms with Crippen LogP contribution in [-0.2, 0) is 14.3 Å². The summed E-state index contributed by atoms with van der Waals surface area (Å²) in [7, 11) is 0. The number of ether oxygens (including phenoxy) is 2. The Morgan fingerprint density at radius 2 is 1.64 bits per heavy atom. The summed E-state index contributed by atoms with van der Waals surface area (Å²) in [5.41, 5.74) is 0.909. The minimum atomic E-state index is -0.489. The summed E-state index contributed by atoms with van der Waals surface area (Å²) >= 11 is 0. The van der Waals surface area contributed by atoms with E-state index in [1.54, 1.807) is 0 Å². The van der Waals surface area contributed by atoms with Gasteiger partial charge in [0.15, 0.2) is 5.79 Å². The zero-order chi connectivity index (χ0) is 20.4. The Morgan fingerprint density at radius 3 is 2.18 bits per heavy atom. The lowest BCUT2D eigenvalue weighted by molar-refractivity contribution is -0.388. The highest BCUT2D eigenvalue weighted by molar-refractivity contribution is 5.17. The van der Waals surface area contributed by atoms with E-state index in [2.05, 4.69) is 76.9 Å². The van der Waals surface area contributed by atoms with Gasteiger partial charge < -0.3 is 9.47 Å². The third-order valence-electron chi connectivity index (χ3n) is 6.87. The number of hydroxylamine groups is 2. The molecule has 0 bridgehead atoms. The Labute approximate surface area is 171 Å². The molecule has 1 aromatic rings. The molecule has 0 saturated carbocycles. The number of benzene rings is 1. The van der Waals surface area contributed by atoms with Gasteiger partial charge in [0.25, 0.3) is 0 Å². The molecule has 28 heavy (non-hydrogen) atoms.